The van der Waals surface area contributed by atoms with Gasteiger partial charge in [-0.15, -0.1) is 0 Å². The number of nitrogens with one attached hydrogen (secondary N) is 1. The third-order valence-electron chi connectivity index (χ3n) is 3.66. The first-order valence-electron chi connectivity index (χ1n) is 6.66. The molecule has 1 aliphatic carbocycles. The van der Waals surface area contributed by atoms with Gasteiger partial charge in [-0.1, -0.05) is 12.1 Å². The van der Waals surface area contributed by atoms with Crippen LogP contribution in [0.25, 0.3) is 0 Å². The van der Waals surface area contributed by atoms with Gasteiger partial charge in [-0.3, -0.25) is 14.5 Å². The fourth-order valence-electron chi connectivity index (χ4n) is 2.52. The second-order valence-corrected chi connectivity index (χ2v) is 5.28. The average molecular weight is 298 g/mol. The van der Waals surface area contributed by atoms with Gasteiger partial charge in [0, 0.05) is 11.7 Å². The number of hydrogen-bond donors (Lipinski definition) is 1. The van der Waals surface area contributed by atoms with Crippen LogP contribution in [-0.2, 0) is 15.8 Å². The number of amides is 2. The van der Waals surface area contributed by atoms with Crippen molar-refractivity contribution in [2.75, 3.05) is 5.32 Å². The number of halogens is 3. The molecule has 1 N–H and O–H groups in total. The molecule has 2 aliphatic rings. The number of carbonyl (C=O) groups is 2. The molecule has 1 heterocycles. The summed E-state index contributed by atoms with van der Waals surface area (Å²) in [6.07, 6.45) is -3.04. The summed E-state index contributed by atoms with van der Waals surface area (Å²) in [7, 11) is 0. The van der Waals surface area contributed by atoms with Crippen LogP contribution in [0.1, 0.15) is 24.8 Å². The lowest BCUT2D eigenvalue weighted by Crippen LogP contribution is -2.36. The van der Waals surface area contributed by atoms with Crippen molar-refractivity contribution in [1.82, 2.24) is 4.90 Å². The van der Waals surface area contributed by atoms with E-state index in [1.54, 1.807) is 0 Å². The van der Waals surface area contributed by atoms with Crippen LogP contribution < -0.4 is 5.32 Å². The summed E-state index contributed by atoms with van der Waals surface area (Å²) in [4.78, 5) is 25.1. The van der Waals surface area contributed by atoms with Crippen LogP contribution in [-0.4, -0.2) is 28.8 Å². The molecule has 4 nitrogen and oxygen atoms in total. The molecule has 0 aromatic heterocycles. The van der Waals surface area contributed by atoms with Gasteiger partial charge in [0.2, 0.25) is 5.91 Å². The maximum absolute atomic E-state index is 12.9. The summed E-state index contributed by atoms with van der Waals surface area (Å²) in [6, 6.07) is 3.97. The number of likely N-dealkylation sites (tertiary alicyclic amines) is 1. The minimum absolute atomic E-state index is 0.0605. The van der Waals surface area contributed by atoms with Crippen molar-refractivity contribution in [3.8, 4) is 0 Å². The van der Waals surface area contributed by atoms with Crippen LogP contribution >= 0.6 is 0 Å². The monoisotopic (exact) mass is 298 g/mol. The molecule has 1 aromatic rings. The van der Waals surface area contributed by atoms with Crippen molar-refractivity contribution >= 4 is 17.5 Å². The summed E-state index contributed by atoms with van der Waals surface area (Å²) in [5.74, 6) is -0.746. The number of nitrogens with zero attached hydrogens (tertiary/aromatic N) is 1. The summed E-state index contributed by atoms with van der Waals surface area (Å²) in [6.45, 7) is 0. The highest BCUT2D eigenvalue weighted by Gasteiger charge is 2.46. The molecule has 3 rings (SSSR count). The first kappa shape index (κ1) is 13.9. The molecule has 1 aromatic carbocycles. The van der Waals surface area contributed by atoms with E-state index in [2.05, 4.69) is 5.32 Å². The third-order valence-corrected chi connectivity index (χ3v) is 3.66. The molecule has 0 radical (unpaired) electrons. The topological polar surface area (TPSA) is 49.4 Å². The Hall–Kier alpha value is -2.05. The fraction of sp³-hybridized carbons (Fsp3) is 0.429. The quantitative estimate of drug-likeness (QED) is 0.872. The summed E-state index contributed by atoms with van der Waals surface area (Å²) < 4.78 is 38.7. The smallest absolute Gasteiger partial charge is 0.373 e. The van der Waals surface area contributed by atoms with E-state index < -0.39 is 23.7 Å². The van der Waals surface area contributed by atoms with E-state index in [0.29, 0.717) is 0 Å². The molecular weight excluding hydrogens is 285 g/mol. The molecule has 1 saturated heterocycles. The zero-order valence-electron chi connectivity index (χ0n) is 11.0. The molecule has 1 unspecified atom stereocenters. The number of rotatable bonds is 3. The lowest BCUT2D eigenvalue weighted by molar-refractivity contribution is -0.140. The zero-order valence-corrected chi connectivity index (χ0v) is 11.0. The average Bonchev–Trinajstić information content (AvgIpc) is 3.18. The van der Waals surface area contributed by atoms with Crippen molar-refractivity contribution in [3.63, 3.8) is 0 Å². The second-order valence-electron chi connectivity index (χ2n) is 5.28. The van der Waals surface area contributed by atoms with Crippen molar-refractivity contribution in [2.24, 2.45) is 0 Å². The van der Waals surface area contributed by atoms with Crippen LogP contribution in [0.15, 0.2) is 24.3 Å². The third kappa shape index (κ3) is 2.59. The second kappa shape index (κ2) is 4.75. The van der Waals surface area contributed by atoms with Gasteiger partial charge in [0.15, 0.2) is 0 Å². The molecule has 112 valence electrons. The van der Waals surface area contributed by atoms with Gasteiger partial charge < -0.3 is 5.32 Å². The Morgan fingerprint density at radius 3 is 2.43 bits per heavy atom. The lowest BCUT2D eigenvalue weighted by atomic mass is 10.1. The van der Waals surface area contributed by atoms with Crippen LogP contribution in [0.5, 0.6) is 0 Å². The number of benzene rings is 1. The van der Waals surface area contributed by atoms with Crippen molar-refractivity contribution in [2.45, 2.75) is 37.5 Å². The first-order chi connectivity index (χ1) is 9.88. The van der Waals surface area contributed by atoms with Crippen LogP contribution in [0.2, 0.25) is 0 Å². The van der Waals surface area contributed by atoms with Gasteiger partial charge >= 0.3 is 6.18 Å². The molecular formula is C14H13F3N2O2. The SMILES string of the molecule is O=C1CC(Nc2ccccc2C(F)(F)F)C(=O)N1C1CC1. The Labute approximate surface area is 118 Å². The number of imide groups is 1. The Morgan fingerprint density at radius 2 is 1.81 bits per heavy atom. The normalized spacial score (nSPS) is 22.8. The van der Waals surface area contributed by atoms with E-state index in [-0.39, 0.29) is 24.1 Å². The molecule has 0 spiro atoms. The molecule has 1 atom stereocenters. The highest BCUT2D eigenvalue weighted by atomic mass is 19.4. The number of anilines is 1. The minimum Gasteiger partial charge on any atom is -0.373 e. The van der Waals surface area contributed by atoms with Crippen molar-refractivity contribution < 1.29 is 22.8 Å². The molecule has 1 saturated carbocycles. The van der Waals surface area contributed by atoms with Gasteiger partial charge in [0.1, 0.15) is 6.04 Å². The highest BCUT2D eigenvalue weighted by molar-refractivity contribution is 6.07. The maximum atomic E-state index is 12.9. The Bertz CT molecular complexity index is 596. The molecule has 1 aliphatic heterocycles. The maximum Gasteiger partial charge on any atom is 0.418 e. The number of hydrogen-bond acceptors (Lipinski definition) is 3. The van der Waals surface area contributed by atoms with Crippen molar-refractivity contribution in [1.29, 1.82) is 0 Å². The first-order valence-corrected chi connectivity index (χ1v) is 6.66. The van der Waals surface area contributed by atoms with Gasteiger partial charge in [-0.2, -0.15) is 13.2 Å². The van der Waals surface area contributed by atoms with E-state index in [9.17, 15) is 22.8 Å². The van der Waals surface area contributed by atoms with E-state index >= 15 is 0 Å². The van der Waals surface area contributed by atoms with Crippen LogP contribution in [0.4, 0.5) is 18.9 Å². The van der Waals surface area contributed by atoms with Crippen LogP contribution in [0, 0.1) is 0 Å². The molecule has 7 heteroatoms. The molecule has 2 amide bonds. The van der Waals surface area contributed by atoms with E-state index in [1.165, 1.54) is 23.1 Å². The summed E-state index contributed by atoms with van der Waals surface area (Å²) in [5.41, 5.74) is -1.01. The fourth-order valence-corrected chi connectivity index (χ4v) is 2.52. The summed E-state index contributed by atoms with van der Waals surface area (Å²) in [5, 5.41) is 2.58. The Kier molecular flexibility index (Phi) is 3.15. The molecule has 21 heavy (non-hydrogen) atoms. The Morgan fingerprint density at radius 1 is 1.14 bits per heavy atom. The van der Waals surface area contributed by atoms with Gasteiger partial charge in [-0.05, 0) is 25.0 Å². The van der Waals surface area contributed by atoms with E-state index in [0.717, 1.165) is 18.9 Å². The van der Waals surface area contributed by atoms with E-state index in [1.807, 2.05) is 0 Å². The van der Waals surface area contributed by atoms with Gasteiger partial charge in [0.05, 0.1) is 12.0 Å². The number of carbonyl (C=O) groups excluding carboxylic acids is 2. The summed E-state index contributed by atoms with van der Waals surface area (Å²) >= 11 is 0. The van der Waals surface area contributed by atoms with Gasteiger partial charge in [-0.25, -0.2) is 0 Å². The minimum atomic E-state index is -4.51. The predicted molar refractivity (Wildman–Crippen MR) is 68.3 cm³/mol. The zero-order chi connectivity index (χ0) is 15.2. The highest BCUT2D eigenvalue weighted by Crippen LogP contribution is 2.36. The largest absolute Gasteiger partial charge is 0.418 e. The predicted octanol–water partition coefficient (Wildman–Crippen LogP) is 2.41. The molecule has 0 bridgehead atoms. The van der Waals surface area contributed by atoms with Crippen molar-refractivity contribution in [3.05, 3.63) is 29.8 Å². The van der Waals surface area contributed by atoms with E-state index in [4.69, 9.17) is 0 Å². The molecule has 2 fully saturated rings. The number of para-hydroxylation sites is 1. The number of alkyl halides is 3. The standard InChI is InChI=1S/C14H13F3N2O2/c15-14(16,17)9-3-1-2-4-10(9)18-11-7-12(20)19(13(11)21)8-5-6-8/h1-4,8,11,18H,5-7H2. The van der Waals surface area contributed by atoms with Gasteiger partial charge in [0.25, 0.3) is 5.91 Å². The Balaban J connectivity index is 1.82. The van der Waals surface area contributed by atoms with Crippen LogP contribution in [0.3, 0.4) is 0 Å². The lowest BCUT2D eigenvalue weighted by Gasteiger charge is -2.18.